The molecule has 1 N–H and O–H groups in total. The lowest BCUT2D eigenvalue weighted by atomic mass is 10.2. The average Bonchev–Trinajstić information content (AvgIpc) is 2.85. The summed E-state index contributed by atoms with van der Waals surface area (Å²) in [5, 5.41) is 4.56. The van der Waals surface area contributed by atoms with Crippen LogP contribution in [0.5, 0.6) is 0 Å². The molecule has 3 aliphatic rings. The van der Waals surface area contributed by atoms with E-state index in [2.05, 4.69) is 22.1 Å². The first-order chi connectivity index (χ1) is 8.81. The Bertz CT molecular complexity index is 323. The predicted octanol–water partition coefficient (Wildman–Crippen LogP) is 1.18. The Labute approximate surface area is 114 Å². The van der Waals surface area contributed by atoms with Crippen molar-refractivity contribution >= 4 is 16.9 Å². The van der Waals surface area contributed by atoms with Gasteiger partial charge >= 0.3 is 0 Å². The summed E-state index contributed by atoms with van der Waals surface area (Å²) >= 11 is 1.85. The van der Waals surface area contributed by atoms with Gasteiger partial charge in [-0.3, -0.25) is 9.89 Å². The standard InChI is InChI=1S/C13H23N3OS/c1-10-5-14-13(18-9-10)15-6-12-7-16-4-2-3-11(16)8-17-12/h10-12H,2-9H2,1H3,(H,14,15). The summed E-state index contributed by atoms with van der Waals surface area (Å²) < 4.78 is 5.94. The molecule has 0 bridgehead atoms. The second-order valence-electron chi connectivity index (χ2n) is 5.69. The fourth-order valence-corrected chi connectivity index (χ4v) is 3.77. The van der Waals surface area contributed by atoms with Crippen LogP contribution in [0, 0.1) is 5.92 Å². The number of fused-ring (bicyclic) bond motifs is 1. The van der Waals surface area contributed by atoms with Crippen LogP contribution in [0.3, 0.4) is 0 Å². The number of rotatable bonds is 2. The summed E-state index contributed by atoms with van der Waals surface area (Å²) in [6.45, 7) is 7.40. The Hall–Kier alpha value is -0.260. The van der Waals surface area contributed by atoms with E-state index in [0.717, 1.165) is 37.3 Å². The number of hydrogen-bond donors (Lipinski definition) is 1. The number of aliphatic imine (C=N–C) groups is 1. The fourth-order valence-electron chi connectivity index (χ4n) is 2.88. The van der Waals surface area contributed by atoms with Crippen molar-refractivity contribution in [1.82, 2.24) is 10.2 Å². The average molecular weight is 269 g/mol. The van der Waals surface area contributed by atoms with Gasteiger partial charge in [0.1, 0.15) is 0 Å². The number of thioether (sulfide) groups is 1. The Balaban J connectivity index is 1.43. The molecule has 3 heterocycles. The van der Waals surface area contributed by atoms with Gasteiger partial charge < -0.3 is 10.1 Å². The molecule has 3 atom stereocenters. The minimum Gasteiger partial charge on any atom is -0.373 e. The van der Waals surface area contributed by atoms with Crippen molar-refractivity contribution < 1.29 is 4.74 Å². The number of ether oxygens (including phenoxy) is 1. The van der Waals surface area contributed by atoms with E-state index in [9.17, 15) is 0 Å². The summed E-state index contributed by atoms with van der Waals surface area (Å²) in [6.07, 6.45) is 3.00. The van der Waals surface area contributed by atoms with Crippen LogP contribution in [0.4, 0.5) is 0 Å². The van der Waals surface area contributed by atoms with Crippen molar-refractivity contribution in [3.8, 4) is 0 Å². The highest BCUT2D eigenvalue weighted by atomic mass is 32.2. The SMILES string of the molecule is CC1CN=C(NCC2CN3CCCC3CO2)SC1. The molecule has 0 aromatic rings. The van der Waals surface area contributed by atoms with Crippen LogP contribution in [0.2, 0.25) is 0 Å². The molecule has 102 valence electrons. The van der Waals surface area contributed by atoms with Crippen molar-refractivity contribution in [2.75, 3.05) is 38.5 Å². The van der Waals surface area contributed by atoms with Crippen LogP contribution in [0.1, 0.15) is 19.8 Å². The van der Waals surface area contributed by atoms with Crippen LogP contribution >= 0.6 is 11.8 Å². The van der Waals surface area contributed by atoms with Gasteiger partial charge in [-0.05, 0) is 25.3 Å². The van der Waals surface area contributed by atoms with E-state index < -0.39 is 0 Å². The Kier molecular flexibility index (Phi) is 4.11. The molecule has 4 nitrogen and oxygen atoms in total. The van der Waals surface area contributed by atoms with Crippen LogP contribution in [0.15, 0.2) is 4.99 Å². The molecule has 5 heteroatoms. The highest BCUT2D eigenvalue weighted by Crippen LogP contribution is 2.22. The molecule has 0 aromatic heterocycles. The highest BCUT2D eigenvalue weighted by molar-refractivity contribution is 8.13. The lowest BCUT2D eigenvalue weighted by molar-refractivity contribution is -0.0451. The zero-order chi connectivity index (χ0) is 12.4. The molecule has 0 saturated carbocycles. The summed E-state index contributed by atoms with van der Waals surface area (Å²) in [6, 6.07) is 0.698. The van der Waals surface area contributed by atoms with Gasteiger partial charge in [-0.2, -0.15) is 0 Å². The van der Waals surface area contributed by atoms with Gasteiger partial charge in [-0.1, -0.05) is 18.7 Å². The van der Waals surface area contributed by atoms with Gasteiger partial charge in [-0.15, -0.1) is 0 Å². The summed E-state index contributed by atoms with van der Waals surface area (Å²) in [7, 11) is 0. The van der Waals surface area contributed by atoms with Crippen molar-refractivity contribution in [1.29, 1.82) is 0 Å². The fraction of sp³-hybridized carbons (Fsp3) is 0.923. The third-order valence-corrected chi connectivity index (χ3v) is 5.28. The third kappa shape index (κ3) is 3.00. The normalized spacial score (nSPS) is 37.2. The molecule has 0 aliphatic carbocycles. The first kappa shape index (κ1) is 12.8. The van der Waals surface area contributed by atoms with E-state index in [1.165, 1.54) is 25.1 Å². The number of nitrogens with one attached hydrogen (secondary N) is 1. The molecule has 3 unspecified atom stereocenters. The summed E-state index contributed by atoms with van der Waals surface area (Å²) in [4.78, 5) is 7.15. The zero-order valence-corrected chi connectivity index (χ0v) is 11.9. The smallest absolute Gasteiger partial charge is 0.156 e. The Morgan fingerprint density at radius 3 is 3.33 bits per heavy atom. The van der Waals surface area contributed by atoms with Gasteiger partial charge in [0.2, 0.25) is 0 Å². The Morgan fingerprint density at radius 1 is 1.56 bits per heavy atom. The number of nitrogens with zero attached hydrogens (tertiary/aromatic N) is 2. The molecule has 3 aliphatic heterocycles. The van der Waals surface area contributed by atoms with E-state index in [1.807, 2.05) is 11.8 Å². The van der Waals surface area contributed by atoms with Crippen LogP contribution in [0.25, 0.3) is 0 Å². The maximum absolute atomic E-state index is 5.94. The second kappa shape index (κ2) is 5.80. The predicted molar refractivity (Wildman–Crippen MR) is 76.3 cm³/mol. The first-order valence-electron chi connectivity index (χ1n) is 7.08. The molecule has 18 heavy (non-hydrogen) atoms. The molecular formula is C13H23N3OS. The number of hydrogen-bond acceptors (Lipinski definition) is 5. The van der Waals surface area contributed by atoms with Gasteiger partial charge in [-0.25, -0.2) is 0 Å². The number of morpholine rings is 1. The maximum atomic E-state index is 5.94. The Morgan fingerprint density at radius 2 is 2.50 bits per heavy atom. The van der Waals surface area contributed by atoms with Crippen molar-refractivity contribution in [3.63, 3.8) is 0 Å². The van der Waals surface area contributed by atoms with E-state index in [0.29, 0.717) is 12.1 Å². The van der Waals surface area contributed by atoms with Crippen LogP contribution in [-0.2, 0) is 4.74 Å². The monoisotopic (exact) mass is 269 g/mol. The summed E-state index contributed by atoms with van der Waals surface area (Å²) in [5.41, 5.74) is 0. The van der Waals surface area contributed by atoms with Gasteiger partial charge in [0.05, 0.1) is 12.7 Å². The quantitative estimate of drug-likeness (QED) is 0.817. The minimum absolute atomic E-state index is 0.335. The van der Waals surface area contributed by atoms with E-state index >= 15 is 0 Å². The highest BCUT2D eigenvalue weighted by Gasteiger charge is 2.32. The first-order valence-corrected chi connectivity index (χ1v) is 8.06. The maximum Gasteiger partial charge on any atom is 0.156 e. The molecule has 0 radical (unpaired) electrons. The van der Waals surface area contributed by atoms with Crippen molar-refractivity contribution in [3.05, 3.63) is 0 Å². The minimum atomic E-state index is 0.335. The lowest BCUT2D eigenvalue weighted by Gasteiger charge is -2.35. The molecular weight excluding hydrogens is 246 g/mol. The molecule has 0 spiro atoms. The van der Waals surface area contributed by atoms with E-state index in [1.54, 1.807) is 0 Å². The van der Waals surface area contributed by atoms with E-state index in [-0.39, 0.29) is 0 Å². The van der Waals surface area contributed by atoms with Crippen molar-refractivity contribution in [2.45, 2.75) is 31.9 Å². The molecule has 0 amide bonds. The van der Waals surface area contributed by atoms with Gasteiger partial charge in [0.15, 0.2) is 5.17 Å². The van der Waals surface area contributed by atoms with Crippen molar-refractivity contribution in [2.24, 2.45) is 10.9 Å². The second-order valence-corrected chi connectivity index (χ2v) is 6.70. The van der Waals surface area contributed by atoms with E-state index in [4.69, 9.17) is 4.74 Å². The molecule has 0 aromatic carbocycles. The molecule has 3 rings (SSSR count). The lowest BCUT2D eigenvalue weighted by Crippen LogP contribution is -2.50. The van der Waals surface area contributed by atoms with Gasteiger partial charge in [0.25, 0.3) is 0 Å². The topological polar surface area (TPSA) is 36.9 Å². The largest absolute Gasteiger partial charge is 0.373 e. The van der Waals surface area contributed by atoms with Crippen LogP contribution < -0.4 is 5.32 Å². The third-order valence-electron chi connectivity index (χ3n) is 3.99. The summed E-state index contributed by atoms with van der Waals surface area (Å²) in [5.74, 6) is 1.91. The van der Waals surface area contributed by atoms with Crippen LogP contribution in [-0.4, -0.2) is 60.8 Å². The number of amidine groups is 1. The zero-order valence-electron chi connectivity index (χ0n) is 11.1. The molecule has 2 saturated heterocycles. The molecule has 2 fully saturated rings. The van der Waals surface area contributed by atoms with Gasteiger partial charge in [0, 0.05) is 31.4 Å².